The van der Waals surface area contributed by atoms with Gasteiger partial charge in [0.25, 0.3) is 0 Å². The van der Waals surface area contributed by atoms with Crippen molar-refractivity contribution in [1.82, 2.24) is 9.13 Å². The van der Waals surface area contributed by atoms with Gasteiger partial charge in [-0.2, -0.15) is 0 Å². The Morgan fingerprint density at radius 1 is 0.471 bits per heavy atom. The molecule has 2 nitrogen and oxygen atoms in total. The van der Waals surface area contributed by atoms with Crippen molar-refractivity contribution in [2.24, 2.45) is 7.05 Å². The minimum atomic E-state index is 1.21. The summed E-state index contributed by atoms with van der Waals surface area (Å²) < 4.78 is 7.44. The van der Waals surface area contributed by atoms with Gasteiger partial charge in [-0.15, -0.1) is 11.3 Å². The van der Waals surface area contributed by atoms with Crippen LogP contribution in [0.1, 0.15) is 0 Å². The molecule has 34 heavy (non-hydrogen) atoms. The first-order valence-corrected chi connectivity index (χ1v) is 12.4. The molecular formula is C31H20N2S. The van der Waals surface area contributed by atoms with Gasteiger partial charge >= 0.3 is 0 Å². The Labute approximate surface area is 199 Å². The zero-order valence-corrected chi connectivity index (χ0v) is 19.4. The van der Waals surface area contributed by atoms with Crippen molar-refractivity contribution >= 4 is 75.1 Å². The van der Waals surface area contributed by atoms with Crippen LogP contribution in [0.5, 0.6) is 0 Å². The molecule has 3 heteroatoms. The molecule has 5 aromatic carbocycles. The zero-order chi connectivity index (χ0) is 22.4. The van der Waals surface area contributed by atoms with Crippen molar-refractivity contribution in [2.45, 2.75) is 0 Å². The van der Waals surface area contributed by atoms with Gasteiger partial charge in [0.1, 0.15) is 0 Å². The average Bonchev–Trinajstić information content (AvgIpc) is 3.51. The summed E-state index contributed by atoms with van der Waals surface area (Å²) in [5.41, 5.74) is 6.25. The molecule has 0 aliphatic heterocycles. The number of aromatic nitrogens is 2. The number of rotatable bonds is 1. The summed E-state index contributed by atoms with van der Waals surface area (Å²) in [6, 6.07) is 37.9. The normalized spacial score (nSPS) is 12.3. The minimum absolute atomic E-state index is 1.21. The SMILES string of the molecule is Cn1c2ccccc2c2cc3c(cc21)c1ccccc1n3-c1ccc2sc3ccccc3c2c1. The average molecular weight is 453 g/mol. The van der Waals surface area contributed by atoms with Crippen molar-refractivity contribution in [1.29, 1.82) is 0 Å². The van der Waals surface area contributed by atoms with Crippen LogP contribution in [0, 0.1) is 0 Å². The second-order valence-corrected chi connectivity index (χ2v) is 10.2. The highest BCUT2D eigenvalue weighted by atomic mass is 32.1. The van der Waals surface area contributed by atoms with Gasteiger partial charge in [-0.05, 0) is 48.5 Å². The molecule has 0 radical (unpaired) electrons. The molecule has 0 unspecified atom stereocenters. The second kappa shape index (κ2) is 6.49. The van der Waals surface area contributed by atoms with Crippen LogP contribution in [0.2, 0.25) is 0 Å². The van der Waals surface area contributed by atoms with Crippen molar-refractivity contribution in [3.8, 4) is 5.69 Å². The summed E-state index contributed by atoms with van der Waals surface area (Å²) in [6.45, 7) is 0. The van der Waals surface area contributed by atoms with Crippen LogP contribution in [0.15, 0.2) is 103 Å². The number of fused-ring (bicyclic) bond motifs is 9. The number of para-hydroxylation sites is 2. The Kier molecular flexibility index (Phi) is 3.51. The first kappa shape index (κ1) is 18.4. The highest BCUT2D eigenvalue weighted by molar-refractivity contribution is 7.25. The van der Waals surface area contributed by atoms with Crippen molar-refractivity contribution in [3.05, 3.63) is 103 Å². The maximum Gasteiger partial charge on any atom is 0.0548 e. The van der Waals surface area contributed by atoms with E-state index < -0.39 is 0 Å². The number of hydrogen-bond acceptors (Lipinski definition) is 1. The fraction of sp³-hybridized carbons (Fsp3) is 0.0323. The molecule has 0 fully saturated rings. The van der Waals surface area contributed by atoms with Gasteiger partial charge in [0.15, 0.2) is 0 Å². The van der Waals surface area contributed by atoms with Gasteiger partial charge in [-0.25, -0.2) is 0 Å². The van der Waals surface area contributed by atoms with E-state index in [0.29, 0.717) is 0 Å². The molecule has 0 aliphatic rings. The summed E-state index contributed by atoms with van der Waals surface area (Å²) in [5.74, 6) is 0. The molecular weight excluding hydrogens is 432 g/mol. The predicted octanol–water partition coefficient (Wildman–Crippen LogP) is 8.80. The zero-order valence-electron chi connectivity index (χ0n) is 18.6. The summed E-state index contributed by atoms with van der Waals surface area (Å²) >= 11 is 1.87. The molecule has 0 saturated carbocycles. The highest BCUT2D eigenvalue weighted by Crippen LogP contribution is 2.40. The maximum atomic E-state index is 2.44. The van der Waals surface area contributed by atoms with Crippen LogP contribution in [0.4, 0.5) is 0 Å². The molecule has 8 rings (SSSR count). The van der Waals surface area contributed by atoms with E-state index in [9.17, 15) is 0 Å². The number of thiophene rings is 1. The topological polar surface area (TPSA) is 9.86 Å². The molecule has 0 atom stereocenters. The van der Waals surface area contributed by atoms with Crippen LogP contribution in [-0.2, 0) is 7.05 Å². The predicted molar refractivity (Wildman–Crippen MR) is 148 cm³/mol. The summed E-state index contributed by atoms with van der Waals surface area (Å²) in [7, 11) is 2.17. The lowest BCUT2D eigenvalue weighted by atomic mass is 10.1. The fourth-order valence-corrected chi connectivity index (χ4v) is 6.84. The monoisotopic (exact) mass is 452 g/mol. The lowest BCUT2D eigenvalue weighted by Gasteiger charge is -2.09. The molecule has 160 valence electrons. The van der Waals surface area contributed by atoms with Crippen LogP contribution >= 0.6 is 11.3 Å². The smallest absolute Gasteiger partial charge is 0.0548 e. The number of hydrogen-bond donors (Lipinski definition) is 0. The molecule has 0 spiro atoms. The summed E-state index contributed by atoms with van der Waals surface area (Å²) in [5, 5.41) is 7.86. The van der Waals surface area contributed by atoms with Crippen LogP contribution in [0.25, 0.3) is 69.5 Å². The number of nitrogens with zero attached hydrogens (tertiary/aromatic N) is 2. The lowest BCUT2D eigenvalue weighted by Crippen LogP contribution is -1.93. The van der Waals surface area contributed by atoms with Crippen molar-refractivity contribution in [3.63, 3.8) is 0 Å². The Morgan fingerprint density at radius 3 is 1.94 bits per heavy atom. The van der Waals surface area contributed by atoms with Crippen molar-refractivity contribution < 1.29 is 0 Å². The Balaban J connectivity index is 1.54. The maximum absolute atomic E-state index is 2.44. The third-order valence-electron chi connectivity index (χ3n) is 7.33. The first-order chi connectivity index (χ1) is 16.8. The van der Waals surface area contributed by atoms with E-state index in [2.05, 4.69) is 119 Å². The molecule has 3 heterocycles. The first-order valence-electron chi connectivity index (χ1n) is 11.6. The van der Waals surface area contributed by atoms with Crippen molar-refractivity contribution in [2.75, 3.05) is 0 Å². The molecule has 0 N–H and O–H groups in total. The largest absolute Gasteiger partial charge is 0.344 e. The van der Waals surface area contributed by atoms with E-state index in [1.54, 1.807) is 0 Å². The molecule has 0 saturated heterocycles. The Morgan fingerprint density at radius 2 is 1.09 bits per heavy atom. The van der Waals surface area contributed by atoms with Gasteiger partial charge in [0, 0.05) is 65.5 Å². The van der Waals surface area contributed by atoms with Gasteiger partial charge in [-0.1, -0.05) is 54.6 Å². The highest BCUT2D eigenvalue weighted by Gasteiger charge is 2.17. The van der Waals surface area contributed by atoms with E-state index >= 15 is 0 Å². The molecule has 0 aliphatic carbocycles. The molecule has 8 aromatic rings. The minimum Gasteiger partial charge on any atom is -0.344 e. The third-order valence-corrected chi connectivity index (χ3v) is 8.48. The number of benzene rings is 5. The summed E-state index contributed by atoms with van der Waals surface area (Å²) in [6.07, 6.45) is 0. The second-order valence-electron chi connectivity index (χ2n) is 9.09. The van der Waals surface area contributed by atoms with Crippen LogP contribution in [-0.4, -0.2) is 9.13 Å². The molecule has 0 bridgehead atoms. The van der Waals surface area contributed by atoms with Gasteiger partial charge in [-0.3, -0.25) is 0 Å². The van der Waals surface area contributed by atoms with Gasteiger partial charge in [0.05, 0.1) is 11.0 Å². The van der Waals surface area contributed by atoms with Crippen LogP contribution < -0.4 is 0 Å². The standard InChI is InChI=1S/C31H20N2S/c1-32-26-11-5-2-8-20(26)23-18-29-24(17-28(23)32)21-9-3-6-12-27(21)33(29)19-14-15-31-25(16-19)22-10-4-7-13-30(22)34-31/h2-18H,1H3. The van der Waals surface area contributed by atoms with E-state index in [0.717, 1.165) is 0 Å². The van der Waals surface area contributed by atoms with E-state index in [1.165, 1.54) is 69.5 Å². The van der Waals surface area contributed by atoms with E-state index in [1.807, 2.05) is 11.3 Å². The fourth-order valence-electron chi connectivity index (χ4n) is 5.75. The number of aryl methyl sites for hydroxylation is 1. The Bertz CT molecular complexity index is 2080. The molecule has 0 amide bonds. The Hall–Kier alpha value is -4.08. The van der Waals surface area contributed by atoms with Crippen LogP contribution in [0.3, 0.4) is 0 Å². The summed E-state index contributed by atoms with van der Waals surface area (Å²) in [4.78, 5) is 0. The van der Waals surface area contributed by atoms with Gasteiger partial charge in [0.2, 0.25) is 0 Å². The molecule has 3 aromatic heterocycles. The van der Waals surface area contributed by atoms with Gasteiger partial charge < -0.3 is 9.13 Å². The lowest BCUT2D eigenvalue weighted by molar-refractivity contribution is 1.02. The third kappa shape index (κ3) is 2.29. The van der Waals surface area contributed by atoms with E-state index in [-0.39, 0.29) is 0 Å². The van der Waals surface area contributed by atoms with E-state index in [4.69, 9.17) is 0 Å². The quantitative estimate of drug-likeness (QED) is 0.235.